The van der Waals surface area contributed by atoms with Crippen LogP contribution in [0.1, 0.15) is 27.8 Å². The van der Waals surface area contributed by atoms with E-state index in [9.17, 15) is 0 Å². The molecular weight excluding hydrogens is 340 g/mol. The lowest BCUT2D eigenvalue weighted by molar-refractivity contribution is 0.891. The summed E-state index contributed by atoms with van der Waals surface area (Å²) < 4.78 is 2.06. The molecule has 1 aromatic heterocycles. The number of hydrogen-bond donors (Lipinski definition) is 0. The third kappa shape index (κ3) is 3.38. The summed E-state index contributed by atoms with van der Waals surface area (Å²) in [7, 11) is 0. The average Bonchev–Trinajstić information content (AvgIpc) is 3.12. The van der Waals surface area contributed by atoms with E-state index in [0.717, 1.165) is 22.6 Å². The van der Waals surface area contributed by atoms with E-state index in [1.165, 1.54) is 33.4 Å². The molecule has 1 heterocycles. The molecule has 0 aliphatic heterocycles. The predicted octanol–water partition coefficient (Wildman–Crippen LogP) is 6.75. The van der Waals surface area contributed by atoms with Gasteiger partial charge >= 0.3 is 0 Å². The van der Waals surface area contributed by atoms with Crippen molar-refractivity contribution < 1.29 is 0 Å². The molecule has 0 fully saturated rings. The fraction of sp³-hybridized carbons (Fsp3) is 0.192. The second-order valence-electron chi connectivity index (χ2n) is 7.76. The molecule has 0 aliphatic carbocycles. The Morgan fingerprint density at radius 3 is 1.75 bits per heavy atom. The van der Waals surface area contributed by atoms with Crippen molar-refractivity contribution in [1.82, 2.24) is 9.78 Å². The summed E-state index contributed by atoms with van der Waals surface area (Å²) in [6.07, 6.45) is 0. The van der Waals surface area contributed by atoms with Gasteiger partial charge in [-0.15, -0.1) is 0 Å². The monoisotopic (exact) mass is 366 g/mol. The van der Waals surface area contributed by atoms with Gasteiger partial charge in [-0.2, -0.15) is 5.10 Å². The molecule has 0 radical (unpaired) electrons. The smallest absolute Gasteiger partial charge is 0.0934 e. The molecule has 0 aliphatic rings. The van der Waals surface area contributed by atoms with Gasteiger partial charge in [0.2, 0.25) is 0 Å². The van der Waals surface area contributed by atoms with Crippen LogP contribution in [0.2, 0.25) is 0 Å². The Morgan fingerprint density at radius 1 is 0.571 bits per heavy atom. The number of hydrogen-bond acceptors (Lipinski definition) is 1. The van der Waals surface area contributed by atoms with E-state index in [4.69, 9.17) is 5.10 Å². The molecule has 4 rings (SSSR count). The first kappa shape index (κ1) is 18.2. The minimum Gasteiger partial charge on any atom is -0.232 e. The van der Waals surface area contributed by atoms with Gasteiger partial charge in [-0.25, -0.2) is 4.68 Å². The minimum absolute atomic E-state index is 0.997. The highest BCUT2D eigenvalue weighted by molar-refractivity contribution is 5.71. The highest BCUT2D eigenvalue weighted by atomic mass is 15.3. The Morgan fingerprint density at radius 2 is 1.14 bits per heavy atom. The van der Waals surface area contributed by atoms with Gasteiger partial charge in [-0.05, 0) is 87.2 Å². The molecule has 4 aromatic rings. The third-order valence-electron chi connectivity index (χ3n) is 5.59. The lowest BCUT2D eigenvalue weighted by Crippen LogP contribution is -1.99. The molecule has 0 unspecified atom stereocenters. The molecule has 28 heavy (non-hydrogen) atoms. The number of aromatic nitrogens is 2. The first-order valence-electron chi connectivity index (χ1n) is 9.75. The van der Waals surface area contributed by atoms with Crippen molar-refractivity contribution in [2.24, 2.45) is 0 Å². The summed E-state index contributed by atoms with van der Waals surface area (Å²) in [5.41, 5.74) is 12.0. The maximum Gasteiger partial charge on any atom is 0.0934 e. The van der Waals surface area contributed by atoms with E-state index in [0.29, 0.717) is 0 Å². The first-order valence-corrected chi connectivity index (χ1v) is 9.75. The van der Waals surface area contributed by atoms with Crippen molar-refractivity contribution in [2.45, 2.75) is 34.6 Å². The van der Waals surface area contributed by atoms with Gasteiger partial charge in [0.1, 0.15) is 0 Å². The van der Waals surface area contributed by atoms with Crippen LogP contribution in [0.5, 0.6) is 0 Å². The zero-order valence-corrected chi connectivity index (χ0v) is 17.2. The standard InChI is InChI=1S/C26H26N2/c1-17-6-12-24(13-7-17)28-26(23-11-9-19(3)21(5)15-23)16-25(27-28)22-10-8-18(2)20(4)14-22/h6-16H,1-5H3. The maximum atomic E-state index is 5.00. The van der Waals surface area contributed by atoms with Crippen molar-refractivity contribution >= 4 is 0 Å². The summed E-state index contributed by atoms with van der Waals surface area (Å²) in [4.78, 5) is 0. The predicted molar refractivity (Wildman–Crippen MR) is 118 cm³/mol. The lowest BCUT2D eigenvalue weighted by Gasteiger charge is -2.09. The summed E-state index contributed by atoms with van der Waals surface area (Å²) >= 11 is 0. The fourth-order valence-corrected chi connectivity index (χ4v) is 3.41. The normalized spacial score (nSPS) is 11.0. The van der Waals surface area contributed by atoms with Crippen LogP contribution in [0.15, 0.2) is 66.7 Å². The van der Waals surface area contributed by atoms with E-state index in [1.54, 1.807) is 0 Å². The summed E-state index contributed by atoms with van der Waals surface area (Å²) in [6.45, 7) is 10.7. The zero-order valence-electron chi connectivity index (χ0n) is 17.2. The van der Waals surface area contributed by atoms with Crippen LogP contribution < -0.4 is 0 Å². The summed E-state index contributed by atoms with van der Waals surface area (Å²) in [6, 6.07) is 23.9. The third-order valence-corrected chi connectivity index (χ3v) is 5.59. The zero-order chi connectivity index (χ0) is 19.8. The molecule has 140 valence electrons. The molecule has 0 N–H and O–H groups in total. The number of aryl methyl sites for hydroxylation is 5. The Labute approximate surface area is 167 Å². The molecular formula is C26H26N2. The van der Waals surface area contributed by atoms with Crippen molar-refractivity contribution in [1.29, 1.82) is 0 Å². The second kappa shape index (κ2) is 7.12. The van der Waals surface area contributed by atoms with Crippen LogP contribution in [0.4, 0.5) is 0 Å². The lowest BCUT2D eigenvalue weighted by atomic mass is 10.0. The largest absolute Gasteiger partial charge is 0.232 e. The topological polar surface area (TPSA) is 17.8 Å². The summed E-state index contributed by atoms with van der Waals surface area (Å²) in [5, 5.41) is 5.00. The fourth-order valence-electron chi connectivity index (χ4n) is 3.41. The molecule has 0 saturated heterocycles. The SMILES string of the molecule is Cc1ccc(-n2nc(-c3ccc(C)c(C)c3)cc2-c2ccc(C)c(C)c2)cc1. The van der Waals surface area contributed by atoms with E-state index in [-0.39, 0.29) is 0 Å². The Hall–Kier alpha value is -3.13. The van der Waals surface area contributed by atoms with Gasteiger partial charge in [-0.3, -0.25) is 0 Å². The van der Waals surface area contributed by atoms with E-state index in [2.05, 4.69) is 106 Å². The number of nitrogens with zero attached hydrogens (tertiary/aromatic N) is 2. The second-order valence-corrected chi connectivity index (χ2v) is 7.76. The van der Waals surface area contributed by atoms with Crippen LogP contribution in [-0.2, 0) is 0 Å². The van der Waals surface area contributed by atoms with Gasteiger partial charge in [0.25, 0.3) is 0 Å². The maximum absolute atomic E-state index is 5.00. The van der Waals surface area contributed by atoms with Gasteiger partial charge in [0, 0.05) is 11.1 Å². The van der Waals surface area contributed by atoms with E-state index in [1.807, 2.05) is 0 Å². The summed E-state index contributed by atoms with van der Waals surface area (Å²) in [5.74, 6) is 0. The van der Waals surface area contributed by atoms with E-state index >= 15 is 0 Å². The first-order chi connectivity index (χ1) is 13.4. The number of benzene rings is 3. The molecule has 3 aromatic carbocycles. The van der Waals surface area contributed by atoms with Crippen LogP contribution in [0.25, 0.3) is 28.2 Å². The highest BCUT2D eigenvalue weighted by Gasteiger charge is 2.14. The van der Waals surface area contributed by atoms with Gasteiger partial charge in [0.05, 0.1) is 17.1 Å². The van der Waals surface area contributed by atoms with Crippen molar-refractivity contribution in [2.75, 3.05) is 0 Å². The molecule has 2 nitrogen and oxygen atoms in total. The Bertz CT molecular complexity index is 1150. The Balaban J connectivity index is 1.91. The molecule has 0 saturated carbocycles. The van der Waals surface area contributed by atoms with Gasteiger partial charge in [0.15, 0.2) is 0 Å². The quantitative estimate of drug-likeness (QED) is 0.392. The van der Waals surface area contributed by atoms with E-state index < -0.39 is 0 Å². The van der Waals surface area contributed by atoms with Crippen molar-refractivity contribution in [3.05, 3.63) is 94.5 Å². The molecule has 0 atom stereocenters. The molecule has 0 spiro atoms. The van der Waals surface area contributed by atoms with Gasteiger partial charge < -0.3 is 0 Å². The highest BCUT2D eigenvalue weighted by Crippen LogP contribution is 2.30. The average molecular weight is 367 g/mol. The molecule has 2 heteroatoms. The Kier molecular flexibility index (Phi) is 4.64. The van der Waals surface area contributed by atoms with Crippen LogP contribution in [0.3, 0.4) is 0 Å². The van der Waals surface area contributed by atoms with Crippen LogP contribution >= 0.6 is 0 Å². The van der Waals surface area contributed by atoms with Crippen LogP contribution in [0, 0.1) is 34.6 Å². The van der Waals surface area contributed by atoms with Gasteiger partial charge in [-0.1, -0.05) is 42.0 Å². The number of rotatable bonds is 3. The van der Waals surface area contributed by atoms with Crippen LogP contribution in [-0.4, -0.2) is 9.78 Å². The minimum atomic E-state index is 0.997. The molecule has 0 bridgehead atoms. The van der Waals surface area contributed by atoms with Crippen molar-refractivity contribution in [3.63, 3.8) is 0 Å². The molecule has 0 amide bonds. The van der Waals surface area contributed by atoms with Crippen molar-refractivity contribution in [3.8, 4) is 28.2 Å².